The van der Waals surface area contributed by atoms with Crippen LogP contribution in [0.25, 0.3) is 0 Å². The summed E-state index contributed by atoms with van der Waals surface area (Å²) in [7, 11) is 3.48. The Labute approximate surface area is 139 Å². The maximum Gasteiger partial charge on any atom is 0.247 e. The number of carbonyl (C=O) groups excluding carboxylic acids is 1. The van der Waals surface area contributed by atoms with Crippen LogP contribution in [0.4, 0.5) is 11.4 Å². The Hall–Kier alpha value is -2.01. The third-order valence-corrected chi connectivity index (χ3v) is 3.95. The van der Waals surface area contributed by atoms with Crippen LogP contribution in [0.3, 0.4) is 0 Å². The molecular weight excluding hydrogens is 290 g/mol. The molecule has 2 N–H and O–H groups in total. The van der Waals surface area contributed by atoms with E-state index in [1.54, 1.807) is 7.11 Å². The number of rotatable bonds is 10. The van der Waals surface area contributed by atoms with Crippen molar-refractivity contribution in [1.29, 1.82) is 0 Å². The Morgan fingerprint density at radius 2 is 2.00 bits per heavy atom. The van der Waals surface area contributed by atoms with Crippen LogP contribution in [0.5, 0.6) is 5.75 Å². The first kappa shape index (κ1) is 19.0. The van der Waals surface area contributed by atoms with Crippen LogP contribution in [-0.4, -0.2) is 44.6 Å². The van der Waals surface area contributed by atoms with Crippen LogP contribution in [0.15, 0.2) is 24.8 Å². The number of hydrogen-bond acceptors (Lipinski definition) is 4. The topological polar surface area (TPSA) is 53.6 Å². The standard InChI is InChI=1S/C18H29N3O2/c1-6-18(22)20-15-13-16(19-4)17(23-5)12-14(15)10-9-11-21(7-2)8-3/h6,12-13,19H,1,7-11H2,2-5H3,(H,20,22). The number of nitrogens with zero attached hydrogens (tertiary/aromatic N) is 1. The number of amides is 1. The van der Waals surface area contributed by atoms with Crippen LogP contribution < -0.4 is 15.4 Å². The number of methoxy groups -OCH3 is 1. The van der Waals surface area contributed by atoms with E-state index in [1.807, 2.05) is 19.2 Å². The molecule has 0 atom stereocenters. The first-order valence-corrected chi connectivity index (χ1v) is 8.13. The summed E-state index contributed by atoms with van der Waals surface area (Å²) in [6, 6.07) is 3.90. The Kier molecular flexibility index (Phi) is 8.19. The van der Waals surface area contributed by atoms with Gasteiger partial charge in [0.25, 0.3) is 0 Å². The lowest BCUT2D eigenvalue weighted by molar-refractivity contribution is -0.111. The first-order chi connectivity index (χ1) is 11.1. The highest BCUT2D eigenvalue weighted by Crippen LogP contribution is 2.32. The van der Waals surface area contributed by atoms with Crippen molar-refractivity contribution in [2.24, 2.45) is 0 Å². The van der Waals surface area contributed by atoms with Gasteiger partial charge in [0.15, 0.2) is 0 Å². The van der Waals surface area contributed by atoms with Crippen molar-refractivity contribution in [1.82, 2.24) is 4.90 Å². The summed E-state index contributed by atoms with van der Waals surface area (Å²) in [5.74, 6) is 0.573. The van der Waals surface area contributed by atoms with Crippen LogP contribution >= 0.6 is 0 Å². The summed E-state index contributed by atoms with van der Waals surface area (Å²) < 4.78 is 5.43. The Morgan fingerprint density at radius 1 is 1.30 bits per heavy atom. The molecule has 0 aliphatic rings. The average molecular weight is 319 g/mol. The fraction of sp³-hybridized carbons (Fsp3) is 0.500. The average Bonchev–Trinajstić information content (AvgIpc) is 2.59. The summed E-state index contributed by atoms with van der Waals surface area (Å²) in [5.41, 5.74) is 2.72. The minimum atomic E-state index is -0.206. The van der Waals surface area contributed by atoms with Crippen molar-refractivity contribution in [3.8, 4) is 5.75 Å². The molecule has 1 aromatic rings. The van der Waals surface area contributed by atoms with E-state index in [9.17, 15) is 4.79 Å². The Morgan fingerprint density at radius 3 is 2.52 bits per heavy atom. The largest absolute Gasteiger partial charge is 0.495 e. The van der Waals surface area contributed by atoms with Crippen molar-refractivity contribution in [2.75, 3.05) is 44.4 Å². The molecular formula is C18H29N3O2. The SMILES string of the molecule is C=CC(=O)Nc1cc(NC)c(OC)cc1CCCN(CC)CC. The van der Waals surface area contributed by atoms with Gasteiger partial charge in [-0.15, -0.1) is 0 Å². The molecule has 0 saturated carbocycles. The van der Waals surface area contributed by atoms with E-state index in [1.165, 1.54) is 6.08 Å². The van der Waals surface area contributed by atoms with E-state index < -0.39 is 0 Å². The van der Waals surface area contributed by atoms with Gasteiger partial charge in [0, 0.05) is 12.7 Å². The Balaban J connectivity index is 2.96. The minimum absolute atomic E-state index is 0.206. The number of hydrogen-bond donors (Lipinski definition) is 2. The minimum Gasteiger partial charge on any atom is -0.495 e. The zero-order valence-corrected chi connectivity index (χ0v) is 14.7. The molecule has 0 aliphatic heterocycles. The van der Waals surface area contributed by atoms with Crippen LogP contribution in [-0.2, 0) is 11.2 Å². The number of anilines is 2. The van der Waals surface area contributed by atoms with Crippen molar-refractivity contribution < 1.29 is 9.53 Å². The number of benzene rings is 1. The second kappa shape index (κ2) is 9.90. The molecule has 0 aromatic heterocycles. The van der Waals surface area contributed by atoms with E-state index >= 15 is 0 Å². The summed E-state index contributed by atoms with van der Waals surface area (Å²) in [6.07, 6.45) is 3.19. The molecule has 1 aromatic carbocycles. The molecule has 1 rings (SSSR count). The predicted octanol–water partition coefficient (Wildman–Crippen LogP) is 3.14. The van der Waals surface area contributed by atoms with Crippen LogP contribution in [0, 0.1) is 0 Å². The van der Waals surface area contributed by atoms with E-state index in [4.69, 9.17) is 4.74 Å². The fourth-order valence-corrected chi connectivity index (χ4v) is 2.53. The lowest BCUT2D eigenvalue weighted by atomic mass is 10.0. The second-order valence-electron chi connectivity index (χ2n) is 5.28. The summed E-state index contributed by atoms with van der Waals surface area (Å²) >= 11 is 0. The molecule has 0 heterocycles. The Bertz CT molecular complexity index is 525. The van der Waals surface area contributed by atoms with Gasteiger partial charge in [-0.25, -0.2) is 0 Å². The number of nitrogens with one attached hydrogen (secondary N) is 2. The third kappa shape index (κ3) is 5.60. The van der Waals surface area contributed by atoms with Crippen molar-refractivity contribution >= 4 is 17.3 Å². The fourth-order valence-electron chi connectivity index (χ4n) is 2.53. The summed E-state index contributed by atoms with van der Waals surface area (Å²) in [4.78, 5) is 14.1. The van der Waals surface area contributed by atoms with Gasteiger partial charge < -0.3 is 20.3 Å². The smallest absolute Gasteiger partial charge is 0.247 e. The van der Waals surface area contributed by atoms with Crippen molar-refractivity contribution in [3.63, 3.8) is 0 Å². The maximum atomic E-state index is 11.7. The number of aryl methyl sites for hydroxylation is 1. The van der Waals surface area contributed by atoms with Crippen LogP contribution in [0.1, 0.15) is 25.8 Å². The normalized spacial score (nSPS) is 10.5. The highest BCUT2D eigenvalue weighted by atomic mass is 16.5. The van der Waals surface area contributed by atoms with Gasteiger partial charge in [-0.05, 0) is 56.2 Å². The highest BCUT2D eigenvalue weighted by Gasteiger charge is 2.12. The van der Waals surface area contributed by atoms with Gasteiger partial charge in [0.1, 0.15) is 5.75 Å². The molecule has 0 saturated heterocycles. The molecule has 0 spiro atoms. The second-order valence-corrected chi connectivity index (χ2v) is 5.28. The molecule has 0 bridgehead atoms. The zero-order chi connectivity index (χ0) is 17.2. The quantitative estimate of drug-likeness (QED) is 0.651. The molecule has 1 amide bonds. The van der Waals surface area contributed by atoms with E-state index in [2.05, 4.69) is 36.0 Å². The molecule has 5 nitrogen and oxygen atoms in total. The molecule has 0 radical (unpaired) electrons. The zero-order valence-electron chi connectivity index (χ0n) is 14.7. The van der Waals surface area contributed by atoms with Crippen molar-refractivity contribution in [2.45, 2.75) is 26.7 Å². The van der Waals surface area contributed by atoms with E-state index in [0.717, 1.165) is 55.2 Å². The molecule has 128 valence electrons. The predicted molar refractivity (Wildman–Crippen MR) is 97.5 cm³/mol. The summed E-state index contributed by atoms with van der Waals surface area (Å²) in [6.45, 7) is 11.0. The van der Waals surface area contributed by atoms with Crippen LogP contribution in [0.2, 0.25) is 0 Å². The lowest BCUT2D eigenvalue weighted by Gasteiger charge is -2.19. The van der Waals surface area contributed by atoms with Crippen molar-refractivity contribution in [3.05, 3.63) is 30.4 Å². The monoisotopic (exact) mass is 319 g/mol. The molecule has 0 unspecified atom stereocenters. The number of carbonyl (C=O) groups is 1. The highest BCUT2D eigenvalue weighted by molar-refractivity contribution is 6.00. The molecule has 23 heavy (non-hydrogen) atoms. The third-order valence-electron chi connectivity index (χ3n) is 3.95. The maximum absolute atomic E-state index is 11.7. The van der Waals surface area contributed by atoms with Gasteiger partial charge >= 0.3 is 0 Å². The number of ether oxygens (including phenoxy) is 1. The van der Waals surface area contributed by atoms with E-state index in [0.29, 0.717) is 0 Å². The first-order valence-electron chi connectivity index (χ1n) is 8.13. The van der Waals surface area contributed by atoms with Gasteiger partial charge in [-0.2, -0.15) is 0 Å². The molecule has 5 heteroatoms. The summed E-state index contributed by atoms with van der Waals surface area (Å²) in [5, 5.41) is 5.97. The van der Waals surface area contributed by atoms with E-state index in [-0.39, 0.29) is 5.91 Å². The lowest BCUT2D eigenvalue weighted by Crippen LogP contribution is -2.24. The molecule has 0 fully saturated rings. The molecule has 0 aliphatic carbocycles. The van der Waals surface area contributed by atoms with Gasteiger partial charge in [-0.3, -0.25) is 4.79 Å². The van der Waals surface area contributed by atoms with Gasteiger partial charge in [0.2, 0.25) is 5.91 Å². The van der Waals surface area contributed by atoms with Gasteiger partial charge in [-0.1, -0.05) is 20.4 Å². The van der Waals surface area contributed by atoms with Gasteiger partial charge in [0.05, 0.1) is 12.8 Å².